The molecule has 0 aliphatic rings. The van der Waals surface area contributed by atoms with Crippen molar-refractivity contribution in [2.45, 2.75) is 13.5 Å². The molecule has 0 fully saturated rings. The molecule has 0 radical (unpaired) electrons. The predicted molar refractivity (Wildman–Crippen MR) is 90.1 cm³/mol. The van der Waals surface area contributed by atoms with Crippen LogP contribution in [0.1, 0.15) is 5.56 Å². The fourth-order valence-corrected chi connectivity index (χ4v) is 2.77. The highest BCUT2D eigenvalue weighted by Crippen LogP contribution is 2.18. The molecule has 2 aromatic carbocycles. The van der Waals surface area contributed by atoms with Gasteiger partial charge in [-0.15, -0.1) is 5.10 Å². The van der Waals surface area contributed by atoms with Gasteiger partial charge in [0.15, 0.2) is 0 Å². The average molecular weight is 392 g/mol. The van der Waals surface area contributed by atoms with Crippen LogP contribution in [0.5, 0.6) is 0 Å². The second-order valence-electron chi connectivity index (χ2n) is 4.74. The smallest absolute Gasteiger partial charge is 0.246 e. The van der Waals surface area contributed by atoms with Crippen molar-refractivity contribution in [3.05, 3.63) is 51.6 Å². The first-order valence-corrected chi connectivity index (χ1v) is 7.55. The van der Waals surface area contributed by atoms with Crippen molar-refractivity contribution in [2.75, 3.05) is 5.32 Å². The van der Waals surface area contributed by atoms with Gasteiger partial charge >= 0.3 is 0 Å². The van der Waals surface area contributed by atoms with Crippen molar-refractivity contribution in [3.63, 3.8) is 0 Å². The van der Waals surface area contributed by atoms with E-state index in [0.717, 1.165) is 25.9 Å². The van der Waals surface area contributed by atoms with Gasteiger partial charge in [-0.25, -0.2) is 4.68 Å². The molecule has 0 aliphatic carbocycles. The minimum Gasteiger partial charge on any atom is -0.324 e. The Balaban J connectivity index is 1.77. The molecule has 0 bridgehead atoms. The number of hydrogen-bond acceptors (Lipinski definition) is 3. The van der Waals surface area contributed by atoms with Gasteiger partial charge in [0.05, 0.1) is 5.52 Å². The molecular weight excluding hydrogens is 379 g/mol. The monoisotopic (exact) mass is 392 g/mol. The second kappa shape index (κ2) is 5.80. The van der Waals surface area contributed by atoms with Crippen molar-refractivity contribution in [3.8, 4) is 0 Å². The van der Waals surface area contributed by atoms with Crippen LogP contribution in [-0.4, -0.2) is 20.9 Å². The van der Waals surface area contributed by atoms with Crippen LogP contribution in [0, 0.1) is 10.5 Å². The van der Waals surface area contributed by atoms with Crippen molar-refractivity contribution >= 4 is 45.2 Å². The molecule has 3 aromatic rings. The third-order valence-electron chi connectivity index (χ3n) is 3.18. The number of fused-ring (bicyclic) bond motifs is 1. The lowest BCUT2D eigenvalue weighted by molar-refractivity contribution is -0.116. The normalized spacial score (nSPS) is 10.8. The zero-order valence-electron chi connectivity index (χ0n) is 11.4. The van der Waals surface area contributed by atoms with Gasteiger partial charge in [0.1, 0.15) is 12.1 Å². The highest BCUT2D eigenvalue weighted by Gasteiger charge is 2.09. The van der Waals surface area contributed by atoms with Gasteiger partial charge in [0.25, 0.3) is 0 Å². The third kappa shape index (κ3) is 3.05. The summed E-state index contributed by atoms with van der Waals surface area (Å²) in [5, 5.41) is 11.0. The lowest BCUT2D eigenvalue weighted by atomic mass is 10.2. The minimum absolute atomic E-state index is 0.116. The molecule has 0 aliphatic heterocycles. The van der Waals surface area contributed by atoms with Gasteiger partial charge in [0.2, 0.25) is 5.91 Å². The number of halogens is 1. The number of anilines is 1. The molecule has 1 aromatic heterocycles. The molecule has 0 atom stereocenters. The number of hydrogen-bond donors (Lipinski definition) is 1. The Kier molecular flexibility index (Phi) is 3.87. The molecule has 3 rings (SSSR count). The summed E-state index contributed by atoms with van der Waals surface area (Å²) >= 11 is 2.25. The Hall–Kier alpha value is -1.96. The van der Waals surface area contributed by atoms with E-state index in [2.05, 4.69) is 38.2 Å². The van der Waals surface area contributed by atoms with E-state index >= 15 is 0 Å². The first-order chi connectivity index (χ1) is 10.1. The Morgan fingerprint density at radius 3 is 2.90 bits per heavy atom. The topological polar surface area (TPSA) is 59.8 Å². The number of rotatable bonds is 3. The third-order valence-corrected chi connectivity index (χ3v) is 3.85. The molecule has 1 heterocycles. The van der Waals surface area contributed by atoms with Crippen molar-refractivity contribution in [2.24, 2.45) is 0 Å². The van der Waals surface area contributed by atoms with E-state index in [1.165, 1.54) is 0 Å². The van der Waals surface area contributed by atoms with E-state index in [9.17, 15) is 4.79 Å². The van der Waals surface area contributed by atoms with Gasteiger partial charge in [-0.05, 0) is 65.4 Å². The van der Waals surface area contributed by atoms with E-state index < -0.39 is 0 Å². The molecule has 21 heavy (non-hydrogen) atoms. The maximum Gasteiger partial charge on any atom is 0.246 e. The molecule has 0 saturated carbocycles. The summed E-state index contributed by atoms with van der Waals surface area (Å²) in [6.07, 6.45) is 0. The van der Waals surface area contributed by atoms with E-state index in [1.807, 2.05) is 49.4 Å². The van der Waals surface area contributed by atoms with Crippen molar-refractivity contribution in [1.29, 1.82) is 0 Å². The first kappa shape index (κ1) is 14.0. The summed E-state index contributed by atoms with van der Waals surface area (Å²) in [7, 11) is 0. The highest BCUT2D eigenvalue weighted by atomic mass is 127. The Bertz CT molecular complexity index is 812. The molecule has 1 N–H and O–H groups in total. The van der Waals surface area contributed by atoms with Crippen LogP contribution in [0.15, 0.2) is 42.5 Å². The van der Waals surface area contributed by atoms with Crippen LogP contribution in [0.4, 0.5) is 5.69 Å². The summed E-state index contributed by atoms with van der Waals surface area (Å²) in [6.45, 7) is 2.12. The zero-order chi connectivity index (χ0) is 14.8. The predicted octanol–water partition coefficient (Wildman–Crippen LogP) is 2.98. The largest absolute Gasteiger partial charge is 0.324 e. The summed E-state index contributed by atoms with van der Waals surface area (Å²) in [6, 6.07) is 13.5. The molecule has 0 saturated heterocycles. The summed E-state index contributed by atoms with van der Waals surface area (Å²) in [4.78, 5) is 12.2. The molecular formula is C15H13IN4O. The van der Waals surface area contributed by atoms with Gasteiger partial charge in [-0.1, -0.05) is 17.3 Å². The fraction of sp³-hybridized carbons (Fsp3) is 0.133. The number of nitrogens with zero attached hydrogens (tertiary/aromatic N) is 3. The van der Waals surface area contributed by atoms with E-state index in [0.29, 0.717) is 0 Å². The number of carbonyl (C=O) groups is 1. The Labute approximate surface area is 135 Å². The lowest BCUT2D eigenvalue weighted by Gasteiger charge is -2.09. The number of amides is 1. The first-order valence-electron chi connectivity index (χ1n) is 6.48. The van der Waals surface area contributed by atoms with Crippen molar-refractivity contribution < 1.29 is 4.79 Å². The maximum atomic E-state index is 12.2. The number of aryl methyl sites for hydroxylation is 1. The van der Waals surface area contributed by atoms with Crippen molar-refractivity contribution in [1.82, 2.24) is 15.0 Å². The number of nitrogens with one attached hydrogen (secondary N) is 1. The summed E-state index contributed by atoms with van der Waals surface area (Å²) in [5.41, 5.74) is 3.51. The second-order valence-corrected chi connectivity index (χ2v) is 5.99. The summed E-state index contributed by atoms with van der Waals surface area (Å²) < 4.78 is 2.75. The molecule has 6 heteroatoms. The lowest BCUT2D eigenvalue weighted by Crippen LogP contribution is -2.20. The van der Waals surface area contributed by atoms with Gasteiger partial charge in [0, 0.05) is 9.26 Å². The number of para-hydroxylation sites is 1. The van der Waals surface area contributed by atoms with Crippen LogP contribution in [-0.2, 0) is 11.3 Å². The van der Waals surface area contributed by atoms with Crippen LogP contribution >= 0.6 is 22.6 Å². The highest BCUT2D eigenvalue weighted by molar-refractivity contribution is 14.1. The minimum atomic E-state index is -0.116. The number of carbonyl (C=O) groups excluding carboxylic acids is 1. The molecule has 0 unspecified atom stereocenters. The Morgan fingerprint density at radius 1 is 1.29 bits per heavy atom. The van der Waals surface area contributed by atoms with Crippen LogP contribution < -0.4 is 5.32 Å². The van der Waals surface area contributed by atoms with E-state index in [1.54, 1.807) is 4.68 Å². The SMILES string of the molecule is Cc1cc(I)ccc1NC(=O)Cn1nnc2ccccc21. The summed E-state index contributed by atoms with van der Waals surface area (Å²) in [5.74, 6) is -0.116. The van der Waals surface area contributed by atoms with Gasteiger partial charge < -0.3 is 5.32 Å². The molecule has 0 spiro atoms. The fourth-order valence-electron chi connectivity index (χ4n) is 2.13. The zero-order valence-corrected chi connectivity index (χ0v) is 13.5. The average Bonchev–Trinajstić information content (AvgIpc) is 2.85. The molecule has 1 amide bonds. The number of aromatic nitrogens is 3. The van der Waals surface area contributed by atoms with Crippen LogP contribution in [0.2, 0.25) is 0 Å². The van der Waals surface area contributed by atoms with Gasteiger partial charge in [-0.2, -0.15) is 0 Å². The standard InChI is InChI=1S/C15H13IN4O/c1-10-8-11(16)6-7-12(10)17-15(21)9-20-14-5-3-2-4-13(14)18-19-20/h2-8H,9H2,1H3,(H,17,21). The van der Waals surface area contributed by atoms with E-state index in [-0.39, 0.29) is 12.5 Å². The van der Waals surface area contributed by atoms with Crippen LogP contribution in [0.25, 0.3) is 11.0 Å². The maximum absolute atomic E-state index is 12.2. The molecule has 5 nitrogen and oxygen atoms in total. The quantitative estimate of drug-likeness (QED) is 0.698. The number of benzene rings is 2. The van der Waals surface area contributed by atoms with E-state index in [4.69, 9.17) is 0 Å². The van der Waals surface area contributed by atoms with Gasteiger partial charge in [-0.3, -0.25) is 4.79 Å². The molecule has 106 valence electrons. The van der Waals surface area contributed by atoms with Crippen LogP contribution in [0.3, 0.4) is 0 Å². The Morgan fingerprint density at radius 2 is 2.10 bits per heavy atom.